The molecule has 0 atom stereocenters. The van der Waals surface area contributed by atoms with Gasteiger partial charge in [0.25, 0.3) is 0 Å². The van der Waals surface area contributed by atoms with E-state index in [1.165, 1.54) is 0 Å². The van der Waals surface area contributed by atoms with E-state index in [0.29, 0.717) is 0 Å². The molecule has 4 nitrogen and oxygen atoms in total. The summed E-state index contributed by atoms with van der Waals surface area (Å²) in [6.45, 7) is 1.99. The average molecular weight is 239 g/mol. The third kappa shape index (κ3) is 1.67. The zero-order valence-corrected chi connectivity index (χ0v) is 10.0. The van der Waals surface area contributed by atoms with E-state index in [0.717, 1.165) is 27.7 Å². The second kappa shape index (κ2) is 4.23. The Morgan fingerprint density at radius 1 is 1.17 bits per heavy atom. The molecule has 2 heterocycles. The molecule has 2 aromatic heterocycles. The normalized spacial score (nSPS) is 11.0. The van der Waals surface area contributed by atoms with Gasteiger partial charge in [-0.05, 0) is 17.9 Å². The van der Waals surface area contributed by atoms with Crippen LogP contribution in [0.25, 0.3) is 16.6 Å². The molecule has 3 aromatic rings. The number of aryl methyl sites for hydroxylation is 1. The Bertz CT molecular complexity index is 703. The summed E-state index contributed by atoms with van der Waals surface area (Å²) in [5, 5.41) is 15.6. The van der Waals surface area contributed by atoms with Gasteiger partial charge in [-0.3, -0.25) is 0 Å². The summed E-state index contributed by atoms with van der Waals surface area (Å²) in [4.78, 5) is 4.40. The van der Waals surface area contributed by atoms with Gasteiger partial charge in [-0.2, -0.15) is 5.10 Å². The van der Waals surface area contributed by atoms with Crippen molar-refractivity contribution in [2.45, 2.75) is 13.5 Å². The van der Waals surface area contributed by atoms with Gasteiger partial charge < -0.3 is 5.11 Å². The number of nitrogens with zero attached hydrogens (tertiary/aromatic N) is 3. The van der Waals surface area contributed by atoms with Crippen molar-refractivity contribution in [1.82, 2.24) is 14.8 Å². The van der Waals surface area contributed by atoms with E-state index in [-0.39, 0.29) is 6.61 Å². The summed E-state index contributed by atoms with van der Waals surface area (Å²) in [5.41, 5.74) is 1.92. The number of aliphatic hydroxyl groups excluding tert-OH is 1. The molecule has 0 saturated heterocycles. The van der Waals surface area contributed by atoms with E-state index in [1.54, 1.807) is 17.1 Å². The molecular formula is C14H13N3O. The van der Waals surface area contributed by atoms with Crippen LogP contribution in [-0.4, -0.2) is 19.9 Å². The zero-order chi connectivity index (χ0) is 12.5. The highest BCUT2D eigenvalue weighted by atomic mass is 16.3. The van der Waals surface area contributed by atoms with Gasteiger partial charge in [-0.1, -0.05) is 24.3 Å². The lowest BCUT2D eigenvalue weighted by atomic mass is 10.1. The van der Waals surface area contributed by atoms with Crippen molar-refractivity contribution in [2.75, 3.05) is 0 Å². The van der Waals surface area contributed by atoms with Crippen LogP contribution >= 0.6 is 0 Å². The molecule has 3 rings (SSSR count). The molecule has 0 aliphatic carbocycles. The molecule has 90 valence electrons. The first-order valence-corrected chi connectivity index (χ1v) is 5.78. The van der Waals surface area contributed by atoms with Gasteiger partial charge in [-0.25, -0.2) is 9.67 Å². The third-order valence-corrected chi connectivity index (χ3v) is 2.96. The Morgan fingerprint density at radius 3 is 2.61 bits per heavy atom. The minimum atomic E-state index is -0.00801. The number of hydrogen-bond donors (Lipinski definition) is 1. The van der Waals surface area contributed by atoms with Crippen LogP contribution in [0.15, 0.2) is 42.9 Å². The van der Waals surface area contributed by atoms with Crippen molar-refractivity contribution in [3.8, 4) is 5.82 Å². The first-order chi connectivity index (χ1) is 8.79. The lowest BCUT2D eigenvalue weighted by Crippen LogP contribution is -2.01. The predicted molar refractivity (Wildman–Crippen MR) is 69.5 cm³/mol. The molecule has 1 aromatic carbocycles. The molecule has 0 amide bonds. The Labute approximate surface area is 105 Å². The van der Waals surface area contributed by atoms with Gasteiger partial charge in [0.15, 0.2) is 5.82 Å². The van der Waals surface area contributed by atoms with Crippen molar-refractivity contribution in [3.05, 3.63) is 54.0 Å². The number of aliphatic hydroxyl groups is 1. The number of pyridine rings is 1. The van der Waals surface area contributed by atoms with Crippen molar-refractivity contribution >= 4 is 10.8 Å². The number of benzene rings is 1. The summed E-state index contributed by atoms with van der Waals surface area (Å²) < 4.78 is 1.76. The molecule has 0 aliphatic rings. The topological polar surface area (TPSA) is 50.9 Å². The SMILES string of the molecule is Cc1cnn(-c2ncc(CO)c3ccccc23)c1. The molecule has 0 fully saturated rings. The fraction of sp³-hybridized carbons (Fsp3) is 0.143. The maximum absolute atomic E-state index is 9.34. The molecule has 0 spiro atoms. The zero-order valence-electron chi connectivity index (χ0n) is 10.0. The van der Waals surface area contributed by atoms with Crippen LogP contribution in [-0.2, 0) is 6.61 Å². The van der Waals surface area contributed by atoms with Gasteiger partial charge in [0.1, 0.15) is 0 Å². The maximum atomic E-state index is 9.34. The summed E-state index contributed by atoms with van der Waals surface area (Å²) in [7, 11) is 0. The standard InChI is InChI=1S/C14H13N3O/c1-10-6-16-17(8-10)14-13-5-3-2-4-12(13)11(9-18)7-15-14/h2-8,18H,9H2,1H3. The monoisotopic (exact) mass is 239 g/mol. The first-order valence-electron chi connectivity index (χ1n) is 5.78. The van der Waals surface area contributed by atoms with Gasteiger partial charge in [0.05, 0.1) is 12.8 Å². The van der Waals surface area contributed by atoms with Crippen molar-refractivity contribution < 1.29 is 5.11 Å². The third-order valence-electron chi connectivity index (χ3n) is 2.96. The van der Waals surface area contributed by atoms with E-state index >= 15 is 0 Å². The number of rotatable bonds is 2. The van der Waals surface area contributed by atoms with Crippen molar-refractivity contribution in [3.63, 3.8) is 0 Å². The largest absolute Gasteiger partial charge is 0.392 e. The van der Waals surface area contributed by atoms with Crippen LogP contribution in [0.2, 0.25) is 0 Å². The van der Waals surface area contributed by atoms with E-state index in [2.05, 4.69) is 10.1 Å². The molecule has 1 N–H and O–H groups in total. The fourth-order valence-corrected chi connectivity index (χ4v) is 2.07. The van der Waals surface area contributed by atoms with Crippen LogP contribution in [0.5, 0.6) is 0 Å². The number of fused-ring (bicyclic) bond motifs is 1. The lowest BCUT2D eigenvalue weighted by molar-refractivity contribution is 0.283. The quantitative estimate of drug-likeness (QED) is 0.746. The molecular weight excluding hydrogens is 226 g/mol. The van der Waals surface area contributed by atoms with Crippen LogP contribution < -0.4 is 0 Å². The molecule has 0 aliphatic heterocycles. The molecule has 4 heteroatoms. The highest BCUT2D eigenvalue weighted by Gasteiger charge is 2.08. The van der Waals surface area contributed by atoms with Gasteiger partial charge >= 0.3 is 0 Å². The Balaban J connectivity index is 2.31. The summed E-state index contributed by atoms with van der Waals surface area (Å²) in [5.74, 6) is 0.788. The Morgan fingerprint density at radius 2 is 1.94 bits per heavy atom. The summed E-state index contributed by atoms with van der Waals surface area (Å²) in [6.07, 6.45) is 5.44. The summed E-state index contributed by atoms with van der Waals surface area (Å²) >= 11 is 0. The van der Waals surface area contributed by atoms with Crippen LogP contribution in [0.3, 0.4) is 0 Å². The summed E-state index contributed by atoms with van der Waals surface area (Å²) in [6, 6.07) is 7.90. The Kier molecular flexibility index (Phi) is 2.57. The van der Waals surface area contributed by atoms with Crippen LogP contribution in [0.4, 0.5) is 0 Å². The molecule has 0 unspecified atom stereocenters. The number of aromatic nitrogens is 3. The molecule has 0 radical (unpaired) electrons. The molecule has 0 saturated carbocycles. The maximum Gasteiger partial charge on any atom is 0.161 e. The van der Waals surface area contributed by atoms with Gasteiger partial charge in [0, 0.05) is 23.3 Å². The van der Waals surface area contributed by atoms with E-state index < -0.39 is 0 Å². The van der Waals surface area contributed by atoms with Gasteiger partial charge in [0.2, 0.25) is 0 Å². The van der Waals surface area contributed by atoms with Gasteiger partial charge in [-0.15, -0.1) is 0 Å². The highest BCUT2D eigenvalue weighted by Crippen LogP contribution is 2.23. The van der Waals surface area contributed by atoms with E-state index in [1.807, 2.05) is 37.4 Å². The van der Waals surface area contributed by atoms with Crippen molar-refractivity contribution in [1.29, 1.82) is 0 Å². The minimum absolute atomic E-state index is 0.00801. The first kappa shape index (κ1) is 10.9. The fourth-order valence-electron chi connectivity index (χ4n) is 2.07. The molecule has 0 bridgehead atoms. The van der Waals surface area contributed by atoms with Crippen LogP contribution in [0.1, 0.15) is 11.1 Å². The van der Waals surface area contributed by atoms with E-state index in [4.69, 9.17) is 0 Å². The second-order valence-corrected chi connectivity index (χ2v) is 4.27. The second-order valence-electron chi connectivity index (χ2n) is 4.27. The average Bonchev–Trinajstić information content (AvgIpc) is 2.84. The molecule has 18 heavy (non-hydrogen) atoms. The van der Waals surface area contributed by atoms with E-state index in [9.17, 15) is 5.11 Å². The van der Waals surface area contributed by atoms with Crippen molar-refractivity contribution in [2.24, 2.45) is 0 Å². The lowest BCUT2D eigenvalue weighted by Gasteiger charge is -2.08. The van der Waals surface area contributed by atoms with Crippen LogP contribution in [0, 0.1) is 6.92 Å². The predicted octanol–water partition coefficient (Wildman–Crippen LogP) is 2.22. The number of hydrogen-bond acceptors (Lipinski definition) is 3. The highest BCUT2D eigenvalue weighted by molar-refractivity contribution is 5.90. The smallest absolute Gasteiger partial charge is 0.161 e. The Hall–Kier alpha value is -2.20. The minimum Gasteiger partial charge on any atom is -0.392 e.